The van der Waals surface area contributed by atoms with Crippen LogP contribution in [-0.4, -0.2) is 22.7 Å². The Labute approximate surface area is 118 Å². The number of ether oxygens (including phenoxy) is 1. The SMILES string of the molecule is CC(=O)COc1ccc(C(=O)c2ccc(C)cc2)n1C. The molecule has 2 aromatic rings. The van der Waals surface area contributed by atoms with E-state index in [1.165, 1.54) is 6.92 Å². The number of aromatic nitrogens is 1. The zero-order chi connectivity index (χ0) is 14.7. The van der Waals surface area contributed by atoms with Crippen LogP contribution >= 0.6 is 0 Å². The molecule has 4 heteroatoms. The molecular weight excluding hydrogens is 254 g/mol. The molecule has 0 atom stereocenters. The molecule has 0 saturated heterocycles. The fourth-order valence-electron chi connectivity index (χ4n) is 1.89. The molecule has 0 fully saturated rings. The van der Waals surface area contributed by atoms with Crippen molar-refractivity contribution in [1.29, 1.82) is 0 Å². The quantitative estimate of drug-likeness (QED) is 0.785. The monoisotopic (exact) mass is 271 g/mol. The lowest BCUT2D eigenvalue weighted by atomic mass is 10.1. The van der Waals surface area contributed by atoms with Gasteiger partial charge in [-0.2, -0.15) is 0 Å². The summed E-state index contributed by atoms with van der Waals surface area (Å²) in [6.45, 7) is 3.45. The predicted octanol–water partition coefficient (Wildman–Crippen LogP) is 2.53. The van der Waals surface area contributed by atoms with Crippen LogP contribution in [0.3, 0.4) is 0 Å². The highest BCUT2D eigenvalue weighted by molar-refractivity contribution is 6.08. The molecule has 2 rings (SSSR count). The van der Waals surface area contributed by atoms with E-state index < -0.39 is 0 Å². The lowest BCUT2D eigenvalue weighted by molar-refractivity contribution is -0.119. The second-order valence-electron chi connectivity index (χ2n) is 4.80. The minimum absolute atomic E-state index is 0.00994. The van der Waals surface area contributed by atoms with Crippen molar-refractivity contribution in [1.82, 2.24) is 4.57 Å². The van der Waals surface area contributed by atoms with Gasteiger partial charge in [0.05, 0.1) is 5.69 Å². The summed E-state index contributed by atoms with van der Waals surface area (Å²) in [6, 6.07) is 10.8. The van der Waals surface area contributed by atoms with Crippen molar-refractivity contribution in [3.8, 4) is 5.88 Å². The number of aryl methyl sites for hydroxylation is 1. The number of hydrogen-bond acceptors (Lipinski definition) is 3. The molecule has 1 aromatic carbocycles. The molecule has 0 amide bonds. The smallest absolute Gasteiger partial charge is 0.209 e. The molecule has 0 bridgehead atoms. The van der Waals surface area contributed by atoms with Gasteiger partial charge in [-0.25, -0.2) is 0 Å². The molecule has 1 aromatic heterocycles. The van der Waals surface area contributed by atoms with Crippen LogP contribution in [0, 0.1) is 6.92 Å². The highest BCUT2D eigenvalue weighted by Crippen LogP contribution is 2.18. The lowest BCUT2D eigenvalue weighted by Gasteiger charge is -2.08. The van der Waals surface area contributed by atoms with Gasteiger partial charge in [0, 0.05) is 18.7 Å². The molecule has 4 nitrogen and oxygen atoms in total. The Morgan fingerprint density at radius 2 is 1.75 bits per heavy atom. The van der Waals surface area contributed by atoms with E-state index in [-0.39, 0.29) is 18.2 Å². The van der Waals surface area contributed by atoms with Gasteiger partial charge in [0.2, 0.25) is 5.78 Å². The van der Waals surface area contributed by atoms with Crippen molar-refractivity contribution < 1.29 is 14.3 Å². The standard InChI is InChI=1S/C16H17NO3/c1-11-4-6-13(7-5-11)16(19)14-8-9-15(17(14)3)20-10-12(2)18/h4-9H,10H2,1-3H3. The largest absolute Gasteiger partial charge is 0.471 e. The number of carbonyl (C=O) groups is 2. The topological polar surface area (TPSA) is 48.3 Å². The first-order chi connectivity index (χ1) is 9.49. The zero-order valence-electron chi connectivity index (χ0n) is 11.8. The Morgan fingerprint density at radius 3 is 2.35 bits per heavy atom. The number of nitrogens with zero attached hydrogens (tertiary/aromatic N) is 1. The molecule has 0 N–H and O–H groups in total. The van der Waals surface area contributed by atoms with Gasteiger partial charge in [0.25, 0.3) is 0 Å². The Bertz CT molecular complexity index is 638. The van der Waals surface area contributed by atoms with Crippen LogP contribution in [0.1, 0.15) is 28.5 Å². The van der Waals surface area contributed by atoms with E-state index in [1.54, 1.807) is 35.9 Å². The molecule has 0 spiro atoms. The van der Waals surface area contributed by atoms with Crippen LogP contribution in [0.25, 0.3) is 0 Å². The Morgan fingerprint density at radius 1 is 1.10 bits per heavy atom. The third-order valence-corrected chi connectivity index (χ3v) is 3.05. The van der Waals surface area contributed by atoms with Gasteiger partial charge in [0.1, 0.15) is 6.61 Å². The molecular formula is C16H17NO3. The maximum Gasteiger partial charge on any atom is 0.209 e. The zero-order valence-corrected chi connectivity index (χ0v) is 11.8. The second kappa shape index (κ2) is 5.74. The van der Waals surface area contributed by atoms with Crippen LogP contribution in [0.15, 0.2) is 36.4 Å². The van der Waals surface area contributed by atoms with Gasteiger partial charge in [-0.15, -0.1) is 0 Å². The van der Waals surface area contributed by atoms with Crippen molar-refractivity contribution in [3.63, 3.8) is 0 Å². The van der Waals surface area contributed by atoms with Gasteiger partial charge in [-0.1, -0.05) is 29.8 Å². The molecule has 0 unspecified atom stereocenters. The molecule has 0 aliphatic carbocycles. The summed E-state index contributed by atoms with van der Waals surface area (Å²) in [7, 11) is 1.75. The summed E-state index contributed by atoms with van der Waals surface area (Å²) in [5, 5.41) is 0. The highest BCUT2D eigenvalue weighted by Gasteiger charge is 2.15. The first-order valence-corrected chi connectivity index (χ1v) is 6.38. The van der Waals surface area contributed by atoms with E-state index in [9.17, 15) is 9.59 Å². The average molecular weight is 271 g/mol. The second-order valence-corrected chi connectivity index (χ2v) is 4.80. The minimum atomic E-state index is -0.0647. The third-order valence-electron chi connectivity index (χ3n) is 3.05. The highest BCUT2D eigenvalue weighted by atomic mass is 16.5. The van der Waals surface area contributed by atoms with E-state index in [0.29, 0.717) is 17.1 Å². The van der Waals surface area contributed by atoms with Gasteiger partial charge in [-0.05, 0) is 19.9 Å². The summed E-state index contributed by atoms with van der Waals surface area (Å²) in [4.78, 5) is 23.3. The van der Waals surface area contributed by atoms with Crippen molar-refractivity contribution in [3.05, 3.63) is 53.2 Å². The van der Waals surface area contributed by atoms with Crippen LogP contribution in [-0.2, 0) is 11.8 Å². The number of rotatable bonds is 5. The molecule has 0 aliphatic heterocycles. The van der Waals surface area contributed by atoms with Gasteiger partial charge < -0.3 is 9.30 Å². The van der Waals surface area contributed by atoms with Crippen LogP contribution < -0.4 is 4.74 Å². The molecule has 104 valence electrons. The summed E-state index contributed by atoms with van der Waals surface area (Å²) in [6.07, 6.45) is 0. The number of benzene rings is 1. The fraction of sp³-hybridized carbons (Fsp3) is 0.250. The minimum Gasteiger partial charge on any atom is -0.471 e. The van der Waals surface area contributed by atoms with E-state index in [0.717, 1.165) is 5.56 Å². The Balaban J connectivity index is 2.22. The van der Waals surface area contributed by atoms with Crippen molar-refractivity contribution in [2.75, 3.05) is 6.61 Å². The molecule has 1 heterocycles. The number of carbonyl (C=O) groups excluding carboxylic acids is 2. The Kier molecular flexibility index (Phi) is 4.03. The van der Waals surface area contributed by atoms with Gasteiger partial charge in [-0.3, -0.25) is 9.59 Å². The van der Waals surface area contributed by atoms with E-state index >= 15 is 0 Å². The predicted molar refractivity (Wildman–Crippen MR) is 76.2 cm³/mol. The van der Waals surface area contributed by atoms with Crippen LogP contribution in [0.4, 0.5) is 0 Å². The molecule has 0 saturated carbocycles. The van der Waals surface area contributed by atoms with Crippen LogP contribution in [0.2, 0.25) is 0 Å². The first-order valence-electron chi connectivity index (χ1n) is 6.38. The maximum atomic E-state index is 12.4. The number of ketones is 2. The van der Waals surface area contributed by atoms with Gasteiger partial charge in [0.15, 0.2) is 11.7 Å². The Hall–Kier alpha value is -2.36. The molecule has 0 radical (unpaired) electrons. The number of hydrogen-bond donors (Lipinski definition) is 0. The average Bonchev–Trinajstić information content (AvgIpc) is 2.78. The van der Waals surface area contributed by atoms with E-state index in [2.05, 4.69) is 0 Å². The summed E-state index contributed by atoms with van der Waals surface area (Å²) < 4.78 is 7.00. The van der Waals surface area contributed by atoms with Crippen molar-refractivity contribution in [2.45, 2.75) is 13.8 Å². The molecule has 0 aliphatic rings. The maximum absolute atomic E-state index is 12.4. The van der Waals surface area contributed by atoms with Crippen molar-refractivity contribution in [2.24, 2.45) is 7.05 Å². The first kappa shape index (κ1) is 14.1. The van der Waals surface area contributed by atoms with Gasteiger partial charge >= 0.3 is 0 Å². The van der Waals surface area contributed by atoms with E-state index in [4.69, 9.17) is 4.74 Å². The summed E-state index contributed by atoms with van der Waals surface area (Å²) >= 11 is 0. The lowest BCUT2D eigenvalue weighted by Crippen LogP contribution is -2.12. The van der Waals surface area contributed by atoms with Crippen LogP contribution in [0.5, 0.6) is 5.88 Å². The van der Waals surface area contributed by atoms with E-state index in [1.807, 2.05) is 19.1 Å². The third kappa shape index (κ3) is 2.96. The molecule has 20 heavy (non-hydrogen) atoms. The normalized spacial score (nSPS) is 10.3. The number of Topliss-reactive ketones (excluding diaryl/α,β-unsaturated/α-hetero) is 1. The summed E-state index contributed by atoms with van der Waals surface area (Å²) in [5.41, 5.74) is 2.28. The van der Waals surface area contributed by atoms with Crippen molar-refractivity contribution >= 4 is 11.6 Å². The fourth-order valence-corrected chi connectivity index (χ4v) is 1.89. The summed E-state index contributed by atoms with van der Waals surface area (Å²) in [5.74, 6) is 0.387.